The molecule has 0 aliphatic rings. The van der Waals surface area contributed by atoms with Gasteiger partial charge in [0.1, 0.15) is 5.82 Å². The number of rotatable bonds is 4. The summed E-state index contributed by atoms with van der Waals surface area (Å²) in [7, 11) is 0. The summed E-state index contributed by atoms with van der Waals surface area (Å²) in [5.74, 6) is 0.452. The highest BCUT2D eigenvalue weighted by molar-refractivity contribution is 6.18. The van der Waals surface area contributed by atoms with Crippen LogP contribution in [0.3, 0.4) is 0 Å². The van der Waals surface area contributed by atoms with E-state index in [2.05, 4.69) is 19.1 Å². The maximum Gasteiger partial charge on any atom is 0.123 e. The second-order valence-corrected chi connectivity index (χ2v) is 4.85. The second kappa shape index (κ2) is 6.01. The average Bonchev–Trinajstić information content (AvgIpc) is 2.38. The monoisotopic (exact) mass is 262 g/mol. The molecule has 0 aliphatic carbocycles. The average molecular weight is 263 g/mol. The molecule has 0 radical (unpaired) electrons. The summed E-state index contributed by atoms with van der Waals surface area (Å²) in [6.45, 7) is 2.09. The Bertz CT molecular complexity index is 522. The van der Waals surface area contributed by atoms with E-state index in [1.54, 1.807) is 12.1 Å². The molecule has 0 aliphatic heterocycles. The first-order chi connectivity index (χ1) is 8.70. The van der Waals surface area contributed by atoms with Crippen LogP contribution in [0.15, 0.2) is 48.5 Å². The summed E-state index contributed by atoms with van der Waals surface area (Å²) in [6, 6.07) is 15.0. The van der Waals surface area contributed by atoms with E-state index in [9.17, 15) is 4.39 Å². The fraction of sp³-hybridized carbons (Fsp3) is 0.250. The lowest BCUT2D eigenvalue weighted by Gasteiger charge is -2.16. The number of hydrogen-bond acceptors (Lipinski definition) is 0. The summed E-state index contributed by atoms with van der Waals surface area (Å²) < 4.78 is 13.2. The van der Waals surface area contributed by atoms with Crippen molar-refractivity contribution in [3.8, 4) is 0 Å². The molecule has 94 valence electrons. The third kappa shape index (κ3) is 3.11. The molecule has 0 saturated carbocycles. The molecule has 2 heteroatoms. The molecular weight excluding hydrogens is 247 g/mol. The van der Waals surface area contributed by atoms with Gasteiger partial charge in [0.2, 0.25) is 0 Å². The van der Waals surface area contributed by atoms with Gasteiger partial charge in [-0.2, -0.15) is 0 Å². The highest BCUT2D eigenvalue weighted by atomic mass is 35.5. The van der Waals surface area contributed by atoms with Crippen LogP contribution in [0.25, 0.3) is 0 Å². The molecule has 1 unspecified atom stereocenters. The summed E-state index contributed by atoms with van der Waals surface area (Å²) in [5.41, 5.74) is 3.49. The second-order valence-electron chi connectivity index (χ2n) is 4.54. The lowest BCUT2D eigenvalue weighted by molar-refractivity contribution is 0.621. The molecule has 0 nitrogen and oxygen atoms in total. The quantitative estimate of drug-likeness (QED) is 0.701. The van der Waals surface area contributed by atoms with Crippen molar-refractivity contribution < 1.29 is 4.39 Å². The SMILES string of the molecule is Cc1ccccc1CC(CCl)c1cccc(F)c1. The van der Waals surface area contributed by atoms with Crippen molar-refractivity contribution >= 4 is 11.6 Å². The van der Waals surface area contributed by atoms with Crippen molar-refractivity contribution in [2.75, 3.05) is 5.88 Å². The highest BCUT2D eigenvalue weighted by Crippen LogP contribution is 2.24. The van der Waals surface area contributed by atoms with E-state index in [0.29, 0.717) is 5.88 Å². The van der Waals surface area contributed by atoms with Crippen LogP contribution >= 0.6 is 11.6 Å². The van der Waals surface area contributed by atoms with E-state index < -0.39 is 0 Å². The van der Waals surface area contributed by atoms with Crippen LogP contribution in [-0.4, -0.2) is 5.88 Å². The van der Waals surface area contributed by atoms with Crippen molar-refractivity contribution in [2.45, 2.75) is 19.3 Å². The van der Waals surface area contributed by atoms with Crippen LogP contribution in [0.1, 0.15) is 22.6 Å². The standard InChI is InChI=1S/C16H16ClF/c1-12-5-2-3-6-13(12)9-15(11-17)14-7-4-8-16(18)10-14/h2-8,10,15H,9,11H2,1H3. The lowest BCUT2D eigenvalue weighted by atomic mass is 9.91. The molecule has 2 aromatic rings. The van der Waals surface area contributed by atoms with Gasteiger partial charge in [0.25, 0.3) is 0 Å². The number of hydrogen-bond donors (Lipinski definition) is 0. The lowest BCUT2D eigenvalue weighted by Crippen LogP contribution is -2.06. The zero-order valence-electron chi connectivity index (χ0n) is 10.4. The smallest absolute Gasteiger partial charge is 0.123 e. The van der Waals surface area contributed by atoms with Gasteiger partial charge in [-0.25, -0.2) is 4.39 Å². The normalized spacial score (nSPS) is 12.4. The summed E-state index contributed by atoms with van der Waals surface area (Å²) in [5, 5.41) is 0. The molecule has 1 atom stereocenters. The van der Waals surface area contributed by atoms with Crippen molar-refractivity contribution in [2.24, 2.45) is 0 Å². The van der Waals surface area contributed by atoms with Crippen molar-refractivity contribution in [1.29, 1.82) is 0 Å². The zero-order chi connectivity index (χ0) is 13.0. The molecule has 0 saturated heterocycles. The predicted molar refractivity (Wildman–Crippen MR) is 74.7 cm³/mol. The molecule has 0 spiro atoms. The van der Waals surface area contributed by atoms with Gasteiger partial charge in [-0.3, -0.25) is 0 Å². The van der Waals surface area contributed by atoms with Gasteiger partial charge < -0.3 is 0 Å². The van der Waals surface area contributed by atoms with Crippen molar-refractivity contribution in [3.63, 3.8) is 0 Å². The molecule has 0 fully saturated rings. The predicted octanol–water partition coefficient (Wildman–Crippen LogP) is 4.70. The third-order valence-corrected chi connectivity index (χ3v) is 3.61. The molecule has 0 bridgehead atoms. The van der Waals surface area contributed by atoms with Crippen LogP contribution < -0.4 is 0 Å². The van der Waals surface area contributed by atoms with Crippen molar-refractivity contribution in [1.82, 2.24) is 0 Å². The molecule has 0 heterocycles. The van der Waals surface area contributed by atoms with E-state index in [1.807, 2.05) is 18.2 Å². The zero-order valence-corrected chi connectivity index (χ0v) is 11.1. The maximum absolute atomic E-state index is 13.2. The van der Waals surface area contributed by atoms with Gasteiger partial charge >= 0.3 is 0 Å². The van der Waals surface area contributed by atoms with Crippen LogP contribution in [0, 0.1) is 12.7 Å². The Hall–Kier alpha value is -1.34. The fourth-order valence-electron chi connectivity index (χ4n) is 2.13. The summed E-state index contributed by atoms with van der Waals surface area (Å²) in [4.78, 5) is 0. The van der Waals surface area contributed by atoms with E-state index in [0.717, 1.165) is 12.0 Å². The highest BCUT2D eigenvalue weighted by Gasteiger charge is 2.13. The minimum atomic E-state index is -0.201. The Morgan fingerprint density at radius 3 is 2.56 bits per heavy atom. The Labute approximate surface area is 112 Å². The molecule has 0 amide bonds. The Morgan fingerprint density at radius 1 is 1.11 bits per heavy atom. The van der Waals surface area contributed by atoms with Crippen LogP contribution in [-0.2, 0) is 6.42 Å². The van der Waals surface area contributed by atoms with Gasteiger partial charge in [0.05, 0.1) is 0 Å². The van der Waals surface area contributed by atoms with Crippen molar-refractivity contribution in [3.05, 3.63) is 71.0 Å². The van der Waals surface area contributed by atoms with Gasteiger partial charge in [0.15, 0.2) is 0 Å². The van der Waals surface area contributed by atoms with E-state index in [-0.39, 0.29) is 11.7 Å². The minimum absolute atomic E-state index is 0.156. The maximum atomic E-state index is 13.2. The van der Waals surface area contributed by atoms with Crippen LogP contribution in [0.4, 0.5) is 4.39 Å². The van der Waals surface area contributed by atoms with E-state index in [1.165, 1.54) is 17.2 Å². The minimum Gasteiger partial charge on any atom is -0.207 e. The van der Waals surface area contributed by atoms with Gasteiger partial charge in [-0.1, -0.05) is 36.4 Å². The number of aryl methyl sites for hydroxylation is 1. The van der Waals surface area contributed by atoms with E-state index >= 15 is 0 Å². The molecule has 0 aromatic heterocycles. The topological polar surface area (TPSA) is 0 Å². The van der Waals surface area contributed by atoms with Gasteiger partial charge in [0, 0.05) is 11.8 Å². The van der Waals surface area contributed by atoms with Crippen LogP contribution in [0.2, 0.25) is 0 Å². The third-order valence-electron chi connectivity index (χ3n) is 3.23. The largest absolute Gasteiger partial charge is 0.207 e. The molecule has 2 rings (SSSR count). The number of alkyl halides is 1. The molecular formula is C16H16ClF. The molecule has 2 aromatic carbocycles. The molecule has 0 N–H and O–H groups in total. The first kappa shape index (κ1) is 13.1. The number of benzene rings is 2. The first-order valence-corrected chi connectivity index (χ1v) is 6.60. The Balaban J connectivity index is 2.23. The Kier molecular flexibility index (Phi) is 4.38. The van der Waals surface area contributed by atoms with E-state index in [4.69, 9.17) is 11.6 Å². The molecule has 18 heavy (non-hydrogen) atoms. The number of halogens is 2. The summed E-state index contributed by atoms with van der Waals surface area (Å²) in [6.07, 6.45) is 0.847. The first-order valence-electron chi connectivity index (χ1n) is 6.06. The Morgan fingerprint density at radius 2 is 1.89 bits per heavy atom. The van der Waals surface area contributed by atoms with Gasteiger partial charge in [-0.05, 0) is 42.2 Å². The summed E-state index contributed by atoms with van der Waals surface area (Å²) >= 11 is 6.03. The fourth-order valence-corrected chi connectivity index (χ4v) is 2.41. The van der Waals surface area contributed by atoms with Crippen LogP contribution in [0.5, 0.6) is 0 Å². The van der Waals surface area contributed by atoms with Gasteiger partial charge in [-0.15, -0.1) is 11.6 Å².